The maximum atomic E-state index is 12.9. The average molecular weight is 460 g/mol. The number of hydrogen-bond donors (Lipinski definition) is 1. The Morgan fingerprint density at radius 2 is 1.72 bits per heavy atom. The Labute approximate surface area is 187 Å². The summed E-state index contributed by atoms with van der Waals surface area (Å²) < 4.78 is 24.2. The second-order valence-electron chi connectivity index (χ2n) is 5.99. The van der Waals surface area contributed by atoms with Crippen LogP contribution in [0, 0.1) is 5.82 Å². The molecule has 0 bridgehead atoms. The highest BCUT2D eigenvalue weighted by Gasteiger charge is 2.12. The lowest BCUT2D eigenvalue weighted by Crippen LogP contribution is -2.13. The molecule has 0 aliphatic carbocycles. The minimum Gasteiger partial charge on any atom is -0.493 e. The van der Waals surface area contributed by atoms with Gasteiger partial charge in [0.2, 0.25) is 0 Å². The van der Waals surface area contributed by atoms with Crippen LogP contribution in [0.3, 0.4) is 0 Å². The summed E-state index contributed by atoms with van der Waals surface area (Å²) in [6.45, 7) is 1.57. The van der Waals surface area contributed by atoms with Crippen LogP contribution in [0.15, 0.2) is 60.9 Å². The Morgan fingerprint density at radius 3 is 2.38 bits per heavy atom. The molecule has 0 saturated heterocycles. The van der Waals surface area contributed by atoms with Gasteiger partial charge < -0.3 is 14.8 Å². The number of methoxy groups -OCH3 is 1. The molecule has 0 aliphatic rings. The number of hydrogen-bond acceptors (Lipinski definition) is 4. The molecule has 0 saturated carbocycles. The molecular weight excluding hydrogens is 438 g/mol. The van der Waals surface area contributed by atoms with E-state index in [1.807, 2.05) is 24.3 Å². The fourth-order valence-electron chi connectivity index (χ4n) is 2.61. The quantitative estimate of drug-likeness (QED) is 0.476. The molecule has 0 aliphatic heterocycles. The first-order valence-corrected chi connectivity index (χ1v) is 8.87. The van der Waals surface area contributed by atoms with E-state index < -0.39 is 0 Å². The number of benzene rings is 2. The molecule has 3 rings (SSSR count). The van der Waals surface area contributed by atoms with Gasteiger partial charge in [0, 0.05) is 31.0 Å². The Balaban J connectivity index is 0.00000210. The predicted octanol–water partition coefficient (Wildman–Crippen LogP) is 5.60. The molecule has 1 N–H and O–H groups in total. The Kier molecular flexibility index (Phi) is 10.8. The first kappa shape index (κ1) is 25.0. The molecule has 0 amide bonds. The molecule has 0 fully saturated rings. The van der Waals surface area contributed by atoms with Crippen molar-refractivity contribution in [3.05, 3.63) is 88.5 Å². The normalized spacial score (nSPS) is 9.90. The van der Waals surface area contributed by atoms with Crippen molar-refractivity contribution in [1.29, 1.82) is 0 Å². The van der Waals surface area contributed by atoms with Crippen LogP contribution in [0.25, 0.3) is 0 Å². The Bertz CT molecular complexity index is 881. The van der Waals surface area contributed by atoms with E-state index in [4.69, 9.17) is 21.1 Å². The molecule has 2 aromatic carbocycles. The van der Waals surface area contributed by atoms with Crippen LogP contribution in [-0.4, -0.2) is 12.1 Å². The number of nitrogens with one attached hydrogen (secondary N) is 1. The zero-order valence-corrected chi connectivity index (χ0v) is 18.1. The van der Waals surface area contributed by atoms with Gasteiger partial charge in [0.25, 0.3) is 0 Å². The number of ether oxygens (including phenoxy) is 2. The summed E-state index contributed by atoms with van der Waals surface area (Å²) in [5.74, 6) is 0.840. The molecule has 0 atom stereocenters. The van der Waals surface area contributed by atoms with Crippen LogP contribution in [-0.2, 0) is 19.7 Å². The summed E-state index contributed by atoms with van der Waals surface area (Å²) in [5, 5.41) is 3.79. The van der Waals surface area contributed by atoms with Crippen molar-refractivity contribution in [2.75, 3.05) is 7.11 Å². The largest absolute Gasteiger partial charge is 0.493 e. The molecule has 29 heavy (non-hydrogen) atoms. The van der Waals surface area contributed by atoms with Crippen molar-refractivity contribution in [3.63, 3.8) is 0 Å². The van der Waals surface area contributed by atoms with Crippen molar-refractivity contribution >= 4 is 36.4 Å². The van der Waals surface area contributed by atoms with Crippen molar-refractivity contribution in [1.82, 2.24) is 10.3 Å². The molecule has 1 heterocycles. The van der Waals surface area contributed by atoms with Gasteiger partial charge in [-0.3, -0.25) is 4.98 Å². The first-order valence-electron chi connectivity index (χ1n) is 8.49. The second kappa shape index (κ2) is 12.5. The summed E-state index contributed by atoms with van der Waals surface area (Å²) >= 11 is 6.40. The lowest BCUT2D eigenvalue weighted by Gasteiger charge is -2.14. The van der Waals surface area contributed by atoms with Crippen LogP contribution in [0.5, 0.6) is 11.5 Å². The van der Waals surface area contributed by atoms with Gasteiger partial charge in [-0.25, -0.2) is 4.39 Å². The van der Waals surface area contributed by atoms with Crippen LogP contribution >= 0.6 is 36.4 Å². The SMILES string of the molecule is COc1cc(CNCc2ccc(F)cc2)cc(Cl)c1OCc1cccnc1.Cl.Cl. The number of rotatable bonds is 8. The van der Waals surface area contributed by atoms with E-state index in [1.165, 1.54) is 12.1 Å². The van der Waals surface area contributed by atoms with Crippen LogP contribution in [0.4, 0.5) is 4.39 Å². The average Bonchev–Trinajstić information content (AvgIpc) is 2.69. The maximum Gasteiger partial charge on any atom is 0.180 e. The van der Waals surface area contributed by atoms with Crippen molar-refractivity contribution in [2.24, 2.45) is 0 Å². The smallest absolute Gasteiger partial charge is 0.180 e. The van der Waals surface area contributed by atoms with Gasteiger partial charge in [-0.1, -0.05) is 29.8 Å². The maximum absolute atomic E-state index is 12.9. The van der Waals surface area contributed by atoms with Crippen LogP contribution < -0.4 is 14.8 Å². The molecule has 0 spiro atoms. The monoisotopic (exact) mass is 458 g/mol. The van der Waals surface area contributed by atoms with Gasteiger partial charge in [0.15, 0.2) is 11.5 Å². The van der Waals surface area contributed by atoms with Gasteiger partial charge in [-0.05, 0) is 41.5 Å². The van der Waals surface area contributed by atoms with Crippen LogP contribution in [0.1, 0.15) is 16.7 Å². The third kappa shape index (κ3) is 7.37. The van der Waals surface area contributed by atoms with Crippen LogP contribution in [0.2, 0.25) is 5.02 Å². The highest BCUT2D eigenvalue weighted by atomic mass is 35.5. The number of aromatic nitrogens is 1. The third-order valence-corrected chi connectivity index (χ3v) is 4.25. The highest BCUT2D eigenvalue weighted by Crippen LogP contribution is 2.37. The van der Waals surface area contributed by atoms with E-state index >= 15 is 0 Å². The fraction of sp³-hybridized carbons (Fsp3) is 0.190. The first-order chi connectivity index (χ1) is 13.2. The summed E-state index contributed by atoms with van der Waals surface area (Å²) in [7, 11) is 1.58. The summed E-state index contributed by atoms with van der Waals surface area (Å²) in [6.07, 6.45) is 3.46. The van der Waals surface area contributed by atoms with Gasteiger partial charge in [-0.15, -0.1) is 24.8 Å². The van der Waals surface area contributed by atoms with Crippen molar-refractivity contribution in [2.45, 2.75) is 19.7 Å². The summed E-state index contributed by atoms with van der Waals surface area (Å²) in [4.78, 5) is 4.07. The summed E-state index contributed by atoms with van der Waals surface area (Å²) in [5.41, 5.74) is 2.92. The van der Waals surface area contributed by atoms with Crippen molar-refractivity contribution < 1.29 is 13.9 Å². The zero-order valence-electron chi connectivity index (χ0n) is 15.7. The van der Waals surface area contributed by atoms with E-state index in [1.54, 1.807) is 31.6 Å². The second-order valence-corrected chi connectivity index (χ2v) is 6.40. The standard InChI is InChI=1S/C21H20ClFN2O2.2ClH/c1-26-20-10-17(13-25-11-15-4-6-18(23)7-5-15)9-19(22)21(20)27-14-16-3-2-8-24-12-16;;/h2-10,12,25H,11,13-14H2,1H3;2*1H. The molecule has 0 radical (unpaired) electrons. The van der Waals surface area contributed by atoms with E-state index in [0.29, 0.717) is 36.2 Å². The minimum atomic E-state index is -0.239. The number of pyridine rings is 1. The molecule has 3 aromatic rings. The predicted molar refractivity (Wildman–Crippen MR) is 118 cm³/mol. The van der Waals surface area contributed by atoms with E-state index in [-0.39, 0.29) is 30.6 Å². The van der Waals surface area contributed by atoms with Gasteiger partial charge >= 0.3 is 0 Å². The molecule has 156 valence electrons. The lowest BCUT2D eigenvalue weighted by molar-refractivity contribution is 0.284. The molecule has 8 heteroatoms. The van der Waals surface area contributed by atoms with Gasteiger partial charge in [0.05, 0.1) is 12.1 Å². The number of halogens is 4. The van der Waals surface area contributed by atoms with E-state index in [9.17, 15) is 4.39 Å². The van der Waals surface area contributed by atoms with E-state index in [0.717, 1.165) is 16.7 Å². The van der Waals surface area contributed by atoms with Crippen molar-refractivity contribution in [3.8, 4) is 11.5 Å². The molecule has 0 unspecified atom stereocenters. The molecular formula is C21H22Cl3FN2O2. The Morgan fingerprint density at radius 1 is 1.00 bits per heavy atom. The Hall–Kier alpha value is -2.05. The third-order valence-electron chi connectivity index (χ3n) is 3.97. The minimum absolute atomic E-state index is 0. The topological polar surface area (TPSA) is 43.4 Å². The number of nitrogens with zero attached hydrogens (tertiary/aromatic N) is 1. The summed E-state index contributed by atoms with van der Waals surface area (Å²) in [6, 6.07) is 13.9. The highest BCUT2D eigenvalue weighted by molar-refractivity contribution is 6.32. The lowest BCUT2D eigenvalue weighted by atomic mass is 10.1. The fourth-order valence-corrected chi connectivity index (χ4v) is 2.90. The molecule has 4 nitrogen and oxygen atoms in total. The molecule has 1 aromatic heterocycles. The van der Waals surface area contributed by atoms with Gasteiger partial charge in [-0.2, -0.15) is 0 Å². The van der Waals surface area contributed by atoms with Gasteiger partial charge in [0.1, 0.15) is 12.4 Å². The zero-order chi connectivity index (χ0) is 19.1. The van der Waals surface area contributed by atoms with E-state index in [2.05, 4.69) is 10.3 Å².